The van der Waals surface area contributed by atoms with E-state index in [0.29, 0.717) is 12.2 Å². The number of hydrogen-bond acceptors (Lipinski definition) is 2. The molecule has 0 amide bonds. The molecule has 0 N–H and O–H groups in total. The molecule has 0 aliphatic rings. The fraction of sp³-hybridized carbons (Fsp3) is 0.462. The van der Waals surface area contributed by atoms with Crippen LogP contribution in [0.25, 0.3) is 0 Å². The van der Waals surface area contributed by atoms with Gasteiger partial charge in [0.1, 0.15) is 0 Å². The first-order valence-electron chi connectivity index (χ1n) is 5.80. The molecule has 1 rings (SSSR count). The SMILES string of the molecule is CCCCCCC(=O)Oc1c(Br)cccc1Br. The van der Waals surface area contributed by atoms with Crippen molar-refractivity contribution in [1.82, 2.24) is 0 Å². The predicted molar refractivity (Wildman–Crippen MR) is 76.2 cm³/mol. The smallest absolute Gasteiger partial charge is 0.311 e. The first kappa shape index (κ1) is 14.7. The van der Waals surface area contributed by atoms with E-state index in [1.54, 1.807) is 0 Å². The van der Waals surface area contributed by atoms with Crippen molar-refractivity contribution < 1.29 is 9.53 Å². The van der Waals surface area contributed by atoms with E-state index < -0.39 is 0 Å². The van der Waals surface area contributed by atoms with Crippen LogP contribution in [-0.2, 0) is 4.79 Å². The summed E-state index contributed by atoms with van der Waals surface area (Å²) >= 11 is 6.72. The van der Waals surface area contributed by atoms with Gasteiger partial charge in [0.15, 0.2) is 5.75 Å². The van der Waals surface area contributed by atoms with Gasteiger partial charge in [0.2, 0.25) is 0 Å². The Morgan fingerprint density at radius 2 is 1.82 bits per heavy atom. The molecule has 0 bridgehead atoms. The van der Waals surface area contributed by atoms with Crippen molar-refractivity contribution in [3.8, 4) is 5.75 Å². The number of carbonyl (C=O) groups is 1. The lowest BCUT2D eigenvalue weighted by Gasteiger charge is -2.08. The van der Waals surface area contributed by atoms with Crippen LogP contribution in [0.2, 0.25) is 0 Å². The van der Waals surface area contributed by atoms with Crippen LogP contribution >= 0.6 is 31.9 Å². The normalized spacial score (nSPS) is 10.3. The second-order valence-electron chi connectivity index (χ2n) is 3.84. The van der Waals surface area contributed by atoms with Gasteiger partial charge in [-0.2, -0.15) is 0 Å². The lowest BCUT2D eigenvalue weighted by molar-refractivity contribution is -0.134. The molecule has 0 saturated heterocycles. The number of carbonyl (C=O) groups excluding carboxylic acids is 1. The van der Waals surface area contributed by atoms with Crippen molar-refractivity contribution in [1.29, 1.82) is 0 Å². The maximum Gasteiger partial charge on any atom is 0.311 e. The Kier molecular flexibility index (Phi) is 6.82. The van der Waals surface area contributed by atoms with Gasteiger partial charge in [0, 0.05) is 6.42 Å². The van der Waals surface area contributed by atoms with Crippen LogP contribution in [0.5, 0.6) is 5.75 Å². The molecule has 0 aromatic heterocycles. The summed E-state index contributed by atoms with van der Waals surface area (Å²) in [5, 5.41) is 0. The summed E-state index contributed by atoms with van der Waals surface area (Å²) < 4.78 is 6.90. The Morgan fingerprint density at radius 3 is 2.41 bits per heavy atom. The Hall–Kier alpha value is -0.350. The van der Waals surface area contributed by atoms with Crippen LogP contribution in [0.15, 0.2) is 27.1 Å². The van der Waals surface area contributed by atoms with Crippen molar-refractivity contribution in [3.63, 3.8) is 0 Å². The topological polar surface area (TPSA) is 26.3 Å². The van der Waals surface area contributed by atoms with Gasteiger partial charge >= 0.3 is 5.97 Å². The summed E-state index contributed by atoms with van der Waals surface area (Å²) in [7, 11) is 0. The molecule has 17 heavy (non-hydrogen) atoms. The second-order valence-corrected chi connectivity index (χ2v) is 5.54. The lowest BCUT2D eigenvalue weighted by atomic mass is 10.1. The molecule has 0 heterocycles. The van der Waals surface area contributed by atoms with E-state index in [9.17, 15) is 4.79 Å². The van der Waals surface area contributed by atoms with E-state index in [-0.39, 0.29) is 5.97 Å². The Balaban J connectivity index is 2.45. The Labute approximate surface area is 119 Å². The Morgan fingerprint density at radius 1 is 1.18 bits per heavy atom. The molecule has 1 aromatic carbocycles. The third kappa shape index (κ3) is 5.21. The van der Waals surface area contributed by atoms with E-state index in [0.717, 1.165) is 21.8 Å². The van der Waals surface area contributed by atoms with E-state index in [1.807, 2.05) is 18.2 Å². The minimum Gasteiger partial charge on any atom is -0.424 e. The average Bonchev–Trinajstić information content (AvgIpc) is 2.30. The molecule has 0 aliphatic carbocycles. The number of ether oxygens (including phenoxy) is 1. The number of rotatable bonds is 6. The highest BCUT2D eigenvalue weighted by Crippen LogP contribution is 2.33. The minimum atomic E-state index is -0.172. The summed E-state index contributed by atoms with van der Waals surface area (Å²) in [5.74, 6) is 0.390. The van der Waals surface area contributed by atoms with E-state index in [4.69, 9.17) is 4.74 Å². The molecule has 0 atom stereocenters. The fourth-order valence-corrected chi connectivity index (χ4v) is 2.60. The van der Waals surface area contributed by atoms with E-state index in [1.165, 1.54) is 12.8 Å². The number of unbranched alkanes of at least 4 members (excludes halogenated alkanes) is 3. The highest BCUT2D eigenvalue weighted by Gasteiger charge is 2.10. The molecular formula is C13H16Br2O2. The third-order valence-electron chi connectivity index (χ3n) is 2.37. The number of para-hydroxylation sites is 1. The summed E-state index contributed by atoms with van der Waals surface area (Å²) in [6, 6.07) is 5.58. The van der Waals surface area contributed by atoms with Gasteiger partial charge in [-0.3, -0.25) is 4.79 Å². The van der Waals surface area contributed by atoms with E-state index in [2.05, 4.69) is 38.8 Å². The molecule has 4 heteroatoms. The molecule has 0 radical (unpaired) electrons. The standard InChI is InChI=1S/C13H16Br2O2/c1-2-3-4-5-9-12(16)17-13-10(14)7-6-8-11(13)15/h6-8H,2-5,9H2,1H3. The Bertz CT molecular complexity index is 357. The van der Waals surface area contributed by atoms with Gasteiger partial charge < -0.3 is 4.74 Å². The number of halogens is 2. The fourth-order valence-electron chi connectivity index (χ4n) is 1.44. The first-order valence-corrected chi connectivity index (χ1v) is 7.38. The lowest BCUT2D eigenvalue weighted by Crippen LogP contribution is -2.08. The van der Waals surface area contributed by atoms with Crippen LogP contribution in [0, 0.1) is 0 Å². The van der Waals surface area contributed by atoms with Crippen LogP contribution in [0.4, 0.5) is 0 Å². The molecule has 0 unspecified atom stereocenters. The van der Waals surface area contributed by atoms with Crippen molar-refractivity contribution in [2.75, 3.05) is 0 Å². The average molecular weight is 364 g/mol. The minimum absolute atomic E-state index is 0.172. The number of benzene rings is 1. The van der Waals surface area contributed by atoms with Gasteiger partial charge in [-0.05, 0) is 50.4 Å². The first-order chi connectivity index (χ1) is 8.15. The molecule has 1 aromatic rings. The van der Waals surface area contributed by atoms with Gasteiger partial charge in [-0.1, -0.05) is 32.3 Å². The third-order valence-corrected chi connectivity index (χ3v) is 3.62. The van der Waals surface area contributed by atoms with Crippen LogP contribution in [-0.4, -0.2) is 5.97 Å². The summed E-state index contributed by atoms with van der Waals surface area (Å²) in [5.41, 5.74) is 0. The monoisotopic (exact) mass is 362 g/mol. The highest BCUT2D eigenvalue weighted by atomic mass is 79.9. The predicted octanol–water partition coefficient (Wildman–Crippen LogP) is 5.09. The zero-order valence-electron chi connectivity index (χ0n) is 9.84. The van der Waals surface area contributed by atoms with Gasteiger partial charge in [-0.25, -0.2) is 0 Å². The molecular weight excluding hydrogens is 348 g/mol. The molecule has 0 spiro atoms. The number of esters is 1. The molecule has 94 valence electrons. The van der Waals surface area contributed by atoms with Crippen LogP contribution in [0.1, 0.15) is 39.0 Å². The van der Waals surface area contributed by atoms with Crippen molar-refractivity contribution in [3.05, 3.63) is 27.1 Å². The van der Waals surface area contributed by atoms with Crippen molar-refractivity contribution in [2.24, 2.45) is 0 Å². The zero-order chi connectivity index (χ0) is 12.7. The van der Waals surface area contributed by atoms with E-state index >= 15 is 0 Å². The largest absolute Gasteiger partial charge is 0.424 e. The van der Waals surface area contributed by atoms with Crippen molar-refractivity contribution in [2.45, 2.75) is 39.0 Å². The van der Waals surface area contributed by atoms with Gasteiger partial charge in [0.05, 0.1) is 8.95 Å². The molecule has 0 fully saturated rings. The van der Waals surface area contributed by atoms with Crippen molar-refractivity contribution >= 4 is 37.8 Å². The van der Waals surface area contributed by atoms with Gasteiger partial charge in [0.25, 0.3) is 0 Å². The zero-order valence-corrected chi connectivity index (χ0v) is 13.0. The summed E-state index contributed by atoms with van der Waals surface area (Å²) in [6.07, 6.45) is 4.81. The number of hydrogen-bond donors (Lipinski definition) is 0. The van der Waals surface area contributed by atoms with Crippen LogP contribution in [0.3, 0.4) is 0 Å². The van der Waals surface area contributed by atoms with Gasteiger partial charge in [-0.15, -0.1) is 0 Å². The quantitative estimate of drug-likeness (QED) is 0.400. The molecule has 0 saturated carbocycles. The molecule has 2 nitrogen and oxygen atoms in total. The second kappa shape index (κ2) is 7.88. The van der Waals surface area contributed by atoms with Crippen LogP contribution < -0.4 is 4.74 Å². The maximum atomic E-state index is 11.6. The summed E-state index contributed by atoms with van der Waals surface area (Å²) in [6.45, 7) is 2.15. The summed E-state index contributed by atoms with van der Waals surface area (Å²) in [4.78, 5) is 11.6. The highest BCUT2D eigenvalue weighted by molar-refractivity contribution is 9.11. The molecule has 0 aliphatic heterocycles. The maximum absolute atomic E-state index is 11.6.